The van der Waals surface area contributed by atoms with E-state index in [-0.39, 0.29) is 5.63 Å². The first-order valence-corrected chi connectivity index (χ1v) is 6.46. The number of fused-ring (bicyclic) bond motifs is 2. The van der Waals surface area contributed by atoms with Crippen LogP contribution in [0.25, 0.3) is 21.7 Å². The maximum Gasteiger partial charge on any atom is 0.346 e. The number of nitrogens with zero attached hydrogens (tertiary/aromatic N) is 1. The van der Waals surface area contributed by atoms with Crippen LogP contribution in [0.4, 0.5) is 0 Å². The fourth-order valence-electron chi connectivity index (χ4n) is 2.24. The highest BCUT2D eigenvalue weighted by atomic mass is 16.4. The van der Waals surface area contributed by atoms with E-state index in [1.165, 1.54) is 0 Å². The third kappa shape index (κ3) is 2.24. The van der Waals surface area contributed by atoms with Gasteiger partial charge in [-0.25, -0.2) is 9.78 Å². The van der Waals surface area contributed by atoms with Crippen molar-refractivity contribution >= 4 is 21.7 Å². The molecule has 1 heterocycles. The molecular formula is C16H15NO2. The van der Waals surface area contributed by atoms with E-state index < -0.39 is 0 Å². The molecule has 3 heteroatoms. The van der Waals surface area contributed by atoms with Crippen LogP contribution in [0, 0.1) is 5.92 Å². The van der Waals surface area contributed by atoms with E-state index in [1.807, 2.05) is 36.4 Å². The van der Waals surface area contributed by atoms with Gasteiger partial charge in [0.2, 0.25) is 0 Å². The predicted molar refractivity (Wildman–Crippen MR) is 76.3 cm³/mol. The monoisotopic (exact) mass is 253 g/mol. The molecule has 19 heavy (non-hydrogen) atoms. The largest absolute Gasteiger partial charge is 0.408 e. The van der Waals surface area contributed by atoms with E-state index in [1.54, 1.807) is 0 Å². The normalized spacial score (nSPS) is 11.5. The van der Waals surface area contributed by atoms with Crippen molar-refractivity contribution in [1.82, 2.24) is 4.98 Å². The summed E-state index contributed by atoms with van der Waals surface area (Å²) < 4.78 is 5.28. The highest BCUT2D eigenvalue weighted by Gasteiger charge is 2.09. The Balaban J connectivity index is 2.28. The van der Waals surface area contributed by atoms with Crippen molar-refractivity contribution < 1.29 is 4.42 Å². The SMILES string of the molecule is CC(C)Cc1nc2cc3ccccc3cc2c(=O)o1. The van der Waals surface area contributed by atoms with E-state index in [4.69, 9.17) is 4.42 Å². The fourth-order valence-corrected chi connectivity index (χ4v) is 2.24. The molecule has 0 saturated carbocycles. The number of aromatic nitrogens is 1. The van der Waals surface area contributed by atoms with Crippen LogP contribution in [0.3, 0.4) is 0 Å². The van der Waals surface area contributed by atoms with Crippen LogP contribution in [0.2, 0.25) is 0 Å². The molecule has 3 rings (SSSR count). The quantitative estimate of drug-likeness (QED) is 0.656. The number of benzene rings is 2. The minimum Gasteiger partial charge on any atom is -0.408 e. The molecule has 3 aromatic rings. The summed E-state index contributed by atoms with van der Waals surface area (Å²) in [6.45, 7) is 4.15. The minimum absolute atomic E-state index is 0.300. The summed E-state index contributed by atoms with van der Waals surface area (Å²) in [6, 6.07) is 11.7. The average Bonchev–Trinajstić information content (AvgIpc) is 2.36. The Morgan fingerprint density at radius 3 is 2.53 bits per heavy atom. The zero-order valence-corrected chi connectivity index (χ0v) is 11.0. The van der Waals surface area contributed by atoms with Gasteiger partial charge in [0, 0.05) is 6.42 Å². The van der Waals surface area contributed by atoms with Crippen molar-refractivity contribution in [2.75, 3.05) is 0 Å². The van der Waals surface area contributed by atoms with Crippen LogP contribution in [-0.4, -0.2) is 4.98 Å². The van der Waals surface area contributed by atoms with Gasteiger partial charge in [0.15, 0.2) is 5.89 Å². The standard InChI is InChI=1S/C16H15NO2/c1-10(2)7-15-17-14-9-12-6-4-3-5-11(12)8-13(14)16(18)19-15/h3-6,8-10H,7H2,1-2H3. The molecule has 0 N–H and O–H groups in total. The van der Waals surface area contributed by atoms with Crippen molar-refractivity contribution in [3.05, 3.63) is 52.7 Å². The third-order valence-corrected chi connectivity index (χ3v) is 3.12. The van der Waals surface area contributed by atoms with Gasteiger partial charge in [-0.1, -0.05) is 38.1 Å². The lowest BCUT2D eigenvalue weighted by Gasteiger charge is -2.05. The summed E-state index contributed by atoms with van der Waals surface area (Å²) >= 11 is 0. The lowest BCUT2D eigenvalue weighted by atomic mass is 10.1. The molecule has 0 radical (unpaired) electrons. The zero-order valence-electron chi connectivity index (χ0n) is 11.0. The van der Waals surface area contributed by atoms with E-state index in [0.29, 0.717) is 29.1 Å². The van der Waals surface area contributed by atoms with Crippen molar-refractivity contribution in [1.29, 1.82) is 0 Å². The highest BCUT2D eigenvalue weighted by Crippen LogP contribution is 2.20. The summed E-state index contributed by atoms with van der Waals surface area (Å²) in [5, 5.41) is 2.66. The van der Waals surface area contributed by atoms with E-state index >= 15 is 0 Å². The summed E-state index contributed by atoms with van der Waals surface area (Å²) in [5.41, 5.74) is 0.414. The predicted octanol–water partition coefficient (Wildman–Crippen LogP) is 3.54. The van der Waals surface area contributed by atoms with Gasteiger partial charge >= 0.3 is 5.63 Å². The average molecular weight is 253 g/mol. The minimum atomic E-state index is -0.300. The van der Waals surface area contributed by atoms with Crippen molar-refractivity contribution in [3.63, 3.8) is 0 Å². The van der Waals surface area contributed by atoms with Crippen LogP contribution < -0.4 is 5.63 Å². The Hall–Kier alpha value is -2.16. The molecule has 0 aliphatic heterocycles. The Morgan fingerprint density at radius 1 is 1.16 bits per heavy atom. The maximum atomic E-state index is 12.0. The lowest BCUT2D eigenvalue weighted by Crippen LogP contribution is -2.07. The molecule has 3 nitrogen and oxygen atoms in total. The molecule has 1 aromatic heterocycles. The second-order valence-electron chi connectivity index (χ2n) is 5.21. The highest BCUT2D eigenvalue weighted by molar-refractivity contribution is 5.95. The molecule has 0 fully saturated rings. The van der Waals surface area contributed by atoms with Crippen molar-refractivity contribution in [3.8, 4) is 0 Å². The molecule has 0 spiro atoms. The number of hydrogen-bond donors (Lipinski definition) is 0. The summed E-state index contributed by atoms with van der Waals surface area (Å²) in [5.74, 6) is 0.927. The zero-order chi connectivity index (χ0) is 13.4. The van der Waals surface area contributed by atoms with Gasteiger partial charge in [-0.2, -0.15) is 0 Å². The summed E-state index contributed by atoms with van der Waals surface area (Å²) in [4.78, 5) is 16.5. The molecule has 0 aliphatic rings. The molecule has 2 aromatic carbocycles. The van der Waals surface area contributed by atoms with Crippen LogP contribution >= 0.6 is 0 Å². The molecule has 0 atom stereocenters. The second kappa shape index (κ2) is 4.50. The summed E-state index contributed by atoms with van der Waals surface area (Å²) in [7, 11) is 0. The molecule has 0 saturated heterocycles. The van der Waals surface area contributed by atoms with Gasteiger partial charge in [-0.15, -0.1) is 0 Å². The van der Waals surface area contributed by atoms with Gasteiger partial charge in [0.25, 0.3) is 0 Å². The van der Waals surface area contributed by atoms with Crippen LogP contribution in [-0.2, 0) is 6.42 Å². The first kappa shape index (κ1) is 11.9. The topological polar surface area (TPSA) is 43.1 Å². The van der Waals surface area contributed by atoms with E-state index in [0.717, 1.165) is 10.8 Å². The number of rotatable bonds is 2. The van der Waals surface area contributed by atoms with Gasteiger partial charge < -0.3 is 4.42 Å². The van der Waals surface area contributed by atoms with E-state index in [9.17, 15) is 4.79 Å². The molecule has 96 valence electrons. The Labute approximate surface area is 110 Å². The fraction of sp³-hybridized carbons (Fsp3) is 0.250. The molecule has 0 aliphatic carbocycles. The molecular weight excluding hydrogens is 238 g/mol. The van der Waals surface area contributed by atoms with Gasteiger partial charge in [0.1, 0.15) is 0 Å². The van der Waals surface area contributed by atoms with E-state index in [2.05, 4.69) is 18.8 Å². The molecule has 0 bridgehead atoms. The summed E-state index contributed by atoms with van der Waals surface area (Å²) in [6.07, 6.45) is 0.679. The lowest BCUT2D eigenvalue weighted by molar-refractivity contribution is 0.417. The Kier molecular flexibility index (Phi) is 2.82. The van der Waals surface area contributed by atoms with Crippen LogP contribution in [0.5, 0.6) is 0 Å². The van der Waals surface area contributed by atoms with Gasteiger partial charge in [-0.05, 0) is 28.8 Å². The Morgan fingerprint density at radius 2 is 1.84 bits per heavy atom. The van der Waals surface area contributed by atoms with Crippen LogP contribution in [0.15, 0.2) is 45.6 Å². The smallest absolute Gasteiger partial charge is 0.346 e. The second-order valence-corrected chi connectivity index (χ2v) is 5.21. The van der Waals surface area contributed by atoms with Crippen molar-refractivity contribution in [2.24, 2.45) is 5.92 Å². The Bertz CT molecular complexity index is 803. The molecule has 0 unspecified atom stereocenters. The number of hydrogen-bond acceptors (Lipinski definition) is 3. The molecule has 0 amide bonds. The van der Waals surface area contributed by atoms with Crippen molar-refractivity contribution in [2.45, 2.75) is 20.3 Å². The van der Waals surface area contributed by atoms with Gasteiger partial charge in [-0.3, -0.25) is 0 Å². The van der Waals surface area contributed by atoms with Crippen LogP contribution in [0.1, 0.15) is 19.7 Å². The third-order valence-electron chi connectivity index (χ3n) is 3.12. The maximum absolute atomic E-state index is 12.0. The van der Waals surface area contributed by atoms with Gasteiger partial charge in [0.05, 0.1) is 10.9 Å². The first-order chi connectivity index (χ1) is 9.13. The first-order valence-electron chi connectivity index (χ1n) is 6.46.